The summed E-state index contributed by atoms with van der Waals surface area (Å²) in [4.78, 5) is 23.7. The van der Waals surface area contributed by atoms with Crippen molar-refractivity contribution in [2.45, 2.75) is 44.1 Å². The molecule has 1 atom stereocenters. The minimum absolute atomic E-state index is 0.154. The zero-order valence-electron chi connectivity index (χ0n) is 12.1. The van der Waals surface area contributed by atoms with E-state index in [0.29, 0.717) is 11.3 Å². The second-order valence-corrected chi connectivity index (χ2v) is 5.24. The topological polar surface area (TPSA) is 72.8 Å². The van der Waals surface area contributed by atoms with Crippen molar-refractivity contribution < 1.29 is 24.2 Å². The first-order chi connectivity index (χ1) is 10.1. The molecule has 0 spiro atoms. The average Bonchev–Trinajstić information content (AvgIpc) is 2.48. The van der Waals surface area contributed by atoms with Gasteiger partial charge >= 0.3 is 11.9 Å². The van der Waals surface area contributed by atoms with E-state index < -0.39 is 17.9 Å². The molecule has 0 heterocycles. The Morgan fingerprint density at radius 2 is 1.95 bits per heavy atom. The highest BCUT2D eigenvalue weighted by Crippen LogP contribution is 2.26. The fourth-order valence-electron chi connectivity index (χ4n) is 2.62. The van der Waals surface area contributed by atoms with Crippen LogP contribution in [-0.4, -0.2) is 30.3 Å². The summed E-state index contributed by atoms with van der Waals surface area (Å²) in [5.41, 5.74) is 0.377. The standard InChI is InChI=1S/C16H20O5/c1-20-13-9-5-6-11(10-13)14(15(17)18)16(19)21-12-7-3-2-4-8-12/h5-6,9-10,12,14H,2-4,7-8H2,1H3,(H,17,18). The van der Waals surface area contributed by atoms with Gasteiger partial charge in [-0.1, -0.05) is 18.6 Å². The second-order valence-electron chi connectivity index (χ2n) is 5.24. The molecule has 0 bridgehead atoms. The van der Waals surface area contributed by atoms with Crippen molar-refractivity contribution >= 4 is 11.9 Å². The zero-order chi connectivity index (χ0) is 15.2. The predicted molar refractivity (Wildman–Crippen MR) is 76.3 cm³/mol. The fourth-order valence-corrected chi connectivity index (χ4v) is 2.62. The van der Waals surface area contributed by atoms with Crippen molar-refractivity contribution in [2.24, 2.45) is 0 Å². The van der Waals surface area contributed by atoms with E-state index in [-0.39, 0.29) is 6.10 Å². The van der Waals surface area contributed by atoms with Crippen LogP contribution in [0.2, 0.25) is 0 Å². The summed E-state index contributed by atoms with van der Waals surface area (Å²) in [6.45, 7) is 0. The van der Waals surface area contributed by atoms with Gasteiger partial charge in [-0.15, -0.1) is 0 Å². The van der Waals surface area contributed by atoms with Gasteiger partial charge in [0, 0.05) is 0 Å². The van der Waals surface area contributed by atoms with Crippen LogP contribution in [0.1, 0.15) is 43.6 Å². The number of ether oxygens (including phenoxy) is 2. The molecule has 1 fully saturated rings. The van der Waals surface area contributed by atoms with Crippen LogP contribution in [0, 0.1) is 0 Å². The van der Waals surface area contributed by atoms with Crippen molar-refractivity contribution in [2.75, 3.05) is 7.11 Å². The van der Waals surface area contributed by atoms with E-state index in [4.69, 9.17) is 9.47 Å². The van der Waals surface area contributed by atoms with Crippen LogP contribution in [0.5, 0.6) is 5.75 Å². The van der Waals surface area contributed by atoms with Gasteiger partial charge in [0.25, 0.3) is 0 Å². The molecule has 5 nitrogen and oxygen atoms in total. The van der Waals surface area contributed by atoms with Gasteiger partial charge in [0.1, 0.15) is 11.9 Å². The molecule has 0 saturated heterocycles. The highest BCUT2D eigenvalue weighted by Gasteiger charge is 2.32. The van der Waals surface area contributed by atoms with E-state index in [9.17, 15) is 14.7 Å². The molecule has 1 unspecified atom stereocenters. The van der Waals surface area contributed by atoms with E-state index >= 15 is 0 Å². The molecule has 1 aliphatic rings. The number of methoxy groups -OCH3 is 1. The molecule has 0 radical (unpaired) electrons. The summed E-state index contributed by atoms with van der Waals surface area (Å²) < 4.78 is 10.5. The first kappa shape index (κ1) is 15.4. The van der Waals surface area contributed by atoms with Crippen molar-refractivity contribution in [3.8, 4) is 5.75 Å². The summed E-state index contributed by atoms with van der Waals surface area (Å²) >= 11 is 0. The van der Waals surface area contributed by atoms with Crippen LogP contribution >= 0.6 is 0 Å². The van der Waals surface area contributed by atoms with Gasteiger partial charge in [0.2, 0.25) is 0 Å². The highest BCUT2D eigenvalue weighted by molar-refractivity contribution is 6.00. The van der Waals surface area contributed by atoms with E-state index in [2.05, 4.69) is 0 Å². The molecule has 114 valence electrons. The number of carbonyl (C=O) groups excluding carboxylic acids is 1. The third-order valence-electron chi connectivity index (χ3n) is 3.74. The van der Waals surface area contributed by atoms with Crippen LogP contribution in [0.15, 0.2) is 24.3 Å². The average molecular weight is 292 g/mol. The molecule has 5 heteroatoms. The third kappa shape index (κ3) is 3.97. The molecule has 0 amide bonds. The Labute approximate surface area is 123 Å². The van der Waals surface area contributed by atoms with E-state index in [1.165, 1.54) is 7.11 Å². The summed E-state index contributed by atoms with van der Waals surface area (Å²) in [7, 11) is 1.50. The number of carbonyl (C=O) groups is 2. The van der Waals surface area contributed by atoms with Gasteiger partial charge in [-0.2, -0.15) is 0 Å². The van der Waals surface area contributed by atoms with Gasteiger partial charge in [-0.25, -0.2) is 0 Å². The highest BCUT2D eigenvalue weighted by atomic mass is 16.5. The van der Waals surface area contributed by atoms with Gasteiger partial charge in [0.05, 0.1) is 7.11 Å². The number of rotatable bonds is 5. The Bertz CT molecular complexity index is 505. The number of hydrogen-bond donors (Lipinski definition) is 1. The molecule has 21 heavy (non-hydrogen) atoms. The number of aliphatic carboxylic acids is 1. The first-order valence-corrected chi connectivity index (χ1v) is 7.19. The van der Waals surface area contributed by atoms with Gasteiger partial charge in [-0.3, -0.25) is 9.59 Å². The predicted octanol–water partition coefficient (Wildman–Crippen LogP) is 2.74. The largest absolute Gasteiger partial charge is 0.497 e. The van der Waals surface area contributed by atoms with Crippen LogP contribution in [-0.2, 0) is 14.3 Å². The molecule has 0 aromatic heterocycles. The van der Waals surface area contributed by atoms with Crippen molar-refractivity contribution in [3.05, 3.63) is 29.8 Å². The number of benzene rings is 1. The monoisotopic (exact) mass is 292 g/mol. The Morgan fingerprint density at radius 3 is 2.57 bits per heavy atom. The lowest BCUT2D eigenvalue weighted by atomic mass is 9.96. The Hall–Kier alpha value is -2.04. The van der Waals surface area contributed by atoms with Crippen LogP contribution < -0.4 is 4.74 Å². The maximum Gasteiger partial charge on any atom is 0.325 e. The van der Waals surface area contributed by atoms with Crippen LogP contribution in [0.3, 0.4) is 0 Å². The quantitative estimate of drug-likeness (QED) is 0.667. The molecule has 1 aliphatic carbocycles. The molecule has 0 aliphatic heterocycles. The first-order valence-electron chi connectivity index (χ1n) is 7.19. The number of hydrogen-bond acceptors (Lipinski definition) is 4. The van der Waals surface area contributed by atoms with Crippen LogP contribution in [0.25, 0.3) is 0 Å². The molecule has 1 saturated carbocycles. The Kier molecular flexibility index (Phi) is 5.20. The Balaban J connectivity index is 2.13. The summed E-state index contributed by atoms with van der Waals surface area (Å²) in [5, 5.41) is 9.35. The molecular formula is C16H20O5. The van der Waals surface area contributed by atoms with E-state index in [0.717, 1.165) is 32.1 Å². The molecule has 1 aromatic carbocycles. The van der Waals surface area contributed by atoms with Gasteiger partial charge < -0.3 is 14.6 Å². The molecule has 2 rings (SSSR count). The third-order valence-corrected chi connectivity index (χ3v) is 3.74. The normalized spacial score (nSPS) is 17.0. The lowest BCUT2D eigenvalue weighted by Crippen LogP contribution is -2.29. The minimum atomic E-state index is -1.30. The van der Waals surface area contributed by atoms with E-state index in [1.54, 1.807) is 24.3 Å². The fraction of sp³-hybridized carbons (Fsp3) is 0.500. The maximum absolute atomic E-state index is 12.2. The second kappa shape index (κ2) is 7.11. The Morgan fingerprint density at radius 1 is 1.24 bits per heavy atom. The summed E-state index contributed by atoms with van der Waals surface area (Å²) in [5.74, 6) is -2.68. The maximum atomic E-state index is 12.2. The molecule has 1 N–H and O–H groups in total. The number of esters is 1. The van der Waals surface area contributed by atoms with Gasteiger partial charge in [-0.05, 0) is 43.4 Å². The minimum Gasteiger partial charge on any atom is -0.497 e. The summed E-state index contributed by atoms with van der Waals surface area (Å²) in [6, 6.07) is 6.53. The van der Waals surface area contributed by atoms with E-state index in [1.807, 2.05) is 0 Å². The zero-order valence-corrected chi connectivity index (χ0v) is 12.1. The van der Waals surface area contributed by atoms with Crippen molar-refractivity contribution in [1.29, 1.82) is 0 Å². The smallest absolute Gasteiger partial charge is 0.325 e. The van der Waals surface area contributed by atoms with Crippen molar-refractivity contribution in [1.82, 2.24) is 0 Å². The molecular weight excluding hydrogens is 272 g/mol. The van der Waals surface area contributed by atoms with Crippen LogP contribution in [0.4, 0.5) is 0 Å². The van der Waals surface area contributed by atoms with Gasteiger partial charge in [0.15, 0.2) is 5.92 Å². The number of carboxylic acid groups (broad SMARTS) is 1. The lowest BCUT2D eigenvalue weighted by molar-refractivity contribution is -0.159. The lowest BCUT2D eigenvalue weighted by Gasteiger charge is -2.23. The summed E-state index contributed by atoms with van der Waals surface area (Å²) in [6.07, 6.45) is 4.67. The number of carboxylic acids is 1. The molecule has 1 aromatic rings. The SMILES string of the molecule is COc1cccc(C(C(=O)O)C(=O)OC2CCCCC2)c1. The van der Waals surface area contributed by atoms with Crippen molar-refractivity contribution in [3.63, 3.8) is 0 Å².